The second kappa shape index (κ2) is 10.0. The molecule has 0 atom stereocenters. The monoisotopic (exact) mass is 408 g/mol. The number of piperidine rings is 1. The van der Waals surface area contributed by atoms with Crippen LogP contribution in [-0.4, -0.2) is 47.3 Å². The summed E-state index contributed by atoms with van der Waals surface area (Å²) in [5.74, 6) is 0.618. The van der Waals surface area contributed by atoms with E-state index < -0.39 is 0 Å². The van der Waals surface area contributed by atoms with Gasteiger partial charge in [-0.05, 0) is 76.9 Å². The molecule has 1 aliphatic heterocycles. The Hall–Kier alpha value is -1.92. The molecule has 1 aromatic carbocycles. The number of carbonyl (C=O) groups excluding carboxylic acids is 1. The fourth-order valence-corrected chi connectivity index (χ4v) is 3.85. The van der Waals surface area contributed by atoms with Crippen molar-refractivity contribution in [2.75, 3.05) is 26.7 Å². The summed E-state index contributed by atoms with van der Waals surface area (Å²) in [6.07, 6.45) is 3.72. The van der Waals surface area contributed by atoms with E-state index in [2.05, 4.69) is 10.4 Å². The van der Waals surface area contributed by atoms with Crippen molar-refractivity contribution in [1.29, 1.82) is 0 Å². The van der Waals surface area contributed by atoms with Gasteiger partial charge in [-0.15, -0.1) is 12.4 Å². The largest absolute Gasteiger partial charge is 0.342 e. The number of halogens is 2. The van der Waals surface area contributed by atoms with Crippen LogP contribution in [0.4, 0.5) is 4.39 Å². The summed E-state index contributed by atoms with van der Waals surface area (Å²) < 4.78 is 15.0. The molecule has 0 bridgehead atoms. The van der Waals surface area contributed by atoms with Gasteiger partial charge in [-0.25, -0.2) is 9.07 Å². The number of aromatic nitrogens is 2. The van der Waals surface area contributed by atoms with Gasteiger partial charge in [0, 0.05) is 24.3 Å². The number of hydrogen-bond acceptors (Lipinski definition) is 3. The van der Waals surface area contributed by atoms with Gasteiger partial charge in [-0.3, -0.25) is 4.79 Å². The van der Waals surface area contributed by atoms with Gasteiger partial charge in [-0.1, -0.05) is 0 Å². The summed E-state index contributed by atoms with van der Waals surface area (Å²) in [4.78, 5) is 14.8. The lowest BCUT2D eigenvalue weighted by Gasteiger charge is -2.32. The van der Waals surface area contributed by atoms with E-state index in [0.717, 1.165) is 55.1 Å². The van der Waals surface area contributed by atoms with Crippen molar-refractivity contribution < 1.29 is 9.18 Å². The van der Waals surface area contributed by atoms with E-state index in [1.165, 1.54) is 18.6 Å². The quantitative estimate of drug-likeness (QED) is 0.796. The molecule has 28 heavy (non-hydrogen) atoms. The summed E-state index contributed by atoms with van der Waals surface area (Å²) in [6.45, 7) is 6.63. The van der Waals surface area contributed by atoms with E-state index in [4.69, 9.17) is 0 Å². The topological polar surface area (TPSA) is 50.2 Å². The van der Waals surface area contributed by atoms with Crippen LogP contribution in [0.25, 0.3) is 5.69 Å². The zero-order chi connectivity index (χ0) is 19.4. The molecule has 154 valence electrons. The first-order chi connectivity index (χ1) is 13.0. The number of rotatable bonds is 6. The number of likely N-dealkylation sites (tertiary alicyclic amines) is 1. The van der Waals surface area contributed by atoms with Gasteiger partial charge in [0.1, 0.15) is 5.82 Å². The highest BCUT2D eigenvalue weighted by molar-refractivity contribution is 5.85. The van der Waals surface area contributed by atoms with Gasteiger partial charge >= 0.3 is 0 Å². The summed E-state index contributed by atoms with van der Waals surface area (Å²) in [5.41, 5.74) is 3.58. The summed E-state index contributed by atoms with van der Waals surface area (Å²) in [7, 11) is 1.98. The lowest BCUT2D eigenvalue weighted by atomic mass is 9.93. The van der Waals surface area contributed by atoms with Crippen molar-refractivity contribution in [1.82, 2.24) is 20.0 Å². The maximum atomic E-state index is 13.2. The lowest BCUT2D eigenvalue weighted by molar-refractivity contribution is -0.131. The third kappa shape index (κ3) is 5.11. The van der Waals surface area contributed by atoms with Crippen LogP contribution in [-0.2, 0) is 11.2 Å². The summed E-state index contributed by atoms with van der Waals surface area (Å²) >= 11 is 0. The Morgan fingerprint density at radius 2 is 1.86 bits per heavy atom. The molecule has 1 aromatic heterocycles. The SMILES string of the molecule is CNCCC1CCN(C(=O)Cc2c(C)nn(-c3ccc(F)cc3)c2C)CC1.Cl. The zero-order valence-corrected chi connectivity index (χ0v) is 17.7. The van der Waals surface area contributed by atoms with Crippen molar-refractivity contribution >= 4 is 18.3 Å². The molecule has 5 nitrogen and oxygen atoms in total. The maximum absolute atomic E-state index is 13.2. The minimum absolute atomic E-state index is 0. The number of aryl methyl sites for hydroxylation is 1. The Kier molecular flexibility index (Phi) is 8.01. The van der Waals surface area contributed by atoms with Gasteiger partial charge in [0.2, 0.25) is 5.91 Å². The highest BCUT2D eigenvalue weighted by atomic mass is 35.5. The zero-order valence-electron chi connectivity index (χ0n) is 16.9. The molecule has 0 unspecified atom stereocenters. The molecule has 1 amide bonds. The molecule has 0 radical (unpaired) electrons. The first-order valence-electron chi connectivity index (χ1n) is 9.73. The van der Waals surface area contributed by atoms with Crippen LogP contribution in [0.3, 0.4) is 0 Å². The molecule has 0 saturated carbocycles. The second-order valence-corrected chi connectivity index (χ2v) is 7.43. The van der Waals surface area contributed by atoms with E-state index in [0.29, 0.717) is 12.3 Å². The molecule has 0 aliphatic carbocycles. The number of hydrogen-bond donors (Lipinski definition) is 1. The predicted octanol–water partition coefficient (Wildman–Crippen LogP) is 3.44. The van der Waals surface area contributed by atoms with Crippen molar-refractivity contribution in [2.24, 2.45) is 5.92 Å². The predicted molar refractivity (Wildman–Crippen MR) is 112 cm³/mol. The Bertz CT molecular complexity index is 782. The Balaban J connectivity index is 0.00000280. The van der Waals surface area contributed by atoms with Crippen molar-refractivity contribution in [3.63, 3.8) is 0 Å². The van der Waals surface area contributed by atoms with Crippen molar-refractivity contribution in [2.45, 2.75) is 39.5 Å². The van der Waals surface area contributed by atoms with E-state index in [1.54, 1.807) is 16.8 Å². The van der Waals surface area contributed by atoms with Gasteiger partial charge in [0.15, 0.2) is 0 Å². The lowest BCUT2D eigenvalue weighted by Crippen LogP contribution is -2.39. The molecule has 2 heterocycles. The Morgan fingerprint density at radius 1 is 1.21 bits per heavy atom. The average Bonchev–Trinajstić information content (AvgIpc) is 2.95. The fourth-order valence-electron chi connectivity index (χ4n) is 3.85. The molecule has 1 N–H and O–H groups in total. The van der Waals surface area contributed by atoms with Crippen molar-refractivity contribution in [3.8, 4) is 5.69 Å². The van der Waals surface area contributed by atoms with E-state index in [1.807, 2.05) is 25.8 Å². The third-order valence-corrected chi connectivity index (χ3v) is 5.61. The highest BCUT2D eigenvalue weighted by Crippen LogP contribution is 2.23. The number of benzene rings is 1. The standard InChI is InChI=1S/C21H29FN4O.ClH/c1-15-20(16(2)26(24-15)19-6-4-18(22)5-7-19)14-21(27)25-12-9-17(10-13-25)8-11-23-3;/h4-7,17,23H,8-14H2,1-3H3;1H. The number of nitrogens with one attached hydrogen (secondary N) is 1. The van der Waals surface area contributed by atoms with E-state index in [9.17, 15) is 9.18 Å². The number of amides is 1. The minimum atomic E-state index is -0.270. The molecule has 7 heteroatoms. The van der Waals surface area contributed by atoms with Crippen LogP contribution < -0.4 is 5.32 Å². The van der Waals surface area contributed by atoms with Crippen LogP contribution >= 0.6 is 12.4 Å². The second-order valence-electron chi connectivity index (χ2n) is 7.43. The normalized spacial score (nSPS) is 14.8. The first-order valence-corrected chi connectivity index (χ1v) is 9.73. The van der Waals surface area contributed by atoms with E-state index in [-0.39, 0.29) is 24.1 Å². The molecule has 1 aliphatic rings. The fraction of sp³-hybridized carbons (Fsp3) is 0.524. The van der Waals surface area contributed by atoms with E-state index >= 15 is 0 Å². The smallest absolute Gasteiger partial charge is 0.227 e. The van der Waals surface area contributed by atoms with Crippen LogP contribution in [0.5, 0.6) is 0 Å². The van der Waals surface area contributed by atoms with Crippen LogP contribution in [0, 0.1) is 25.6 Å². The van der Waals surface area contributed by atoms with Gasteiger partial charge in [0.05, 0.1) is 17.8 Å². The van der Waals surface area contributed by atoms with Gasteiger partial charge in [-0.2, -0.15) is 5.10 Å². The molecule has 1 fully saturated rings. The van der Waals surface area contributed by atoms with Crippen LogP contribution in [0.1, 0.15) is 36.2 Å². The summed E-state index contributed by atoms with van der Waals surface area (Å²) in [5, 5.41) is 7.77. The van der Waals surface area contributed by atoms with Gasteiger partial charge < -0.3 is 10.2 Å². The van der Waals surface area contributed by atoms with Crippen molar-refractivity contribution in [3.05, 3.63) is 47.0 Å². The number of nitrogens with zero attached hydrogens (tertiary/aromatic N) is 3. The minimum Gasteiger partial charge on any atom is -0.342 e. The molecule has 1 saturated heterocycles. The molecular formula is C21H30ClFN4O. The summed E-state index contributed by atoms with van der Waals surface area (Å²) in [6, 6.07) is 6.26. The number of carbonyl (C=O) groups is 1. The van der Waals surface area contributed by atoms with Crippen LogP contribution in [0.15, 0.2) is 24.3 Å². The molecule has 0 spiro atoms. The maximum Gasteiger partial charge on any atom is 0.227 e. The average molecular weight is 409 g/mol. The van der Waals surface area contributed by atoms with Gasteiger partial charge in [0.25, 0.3) is 0 Å². The molecule has 3 rings (SSSR count). The Morgan fingerprint density at radius 3 is 2.46 bits per heavy atom. The Labute approximate surface area is 172 Å². The van der Waals surface area contributed by atoms with Crippen LogP contribution in [0.2, 0.25) is 0 Å². The highest BCUT2D eigenvalue weighted by Gasteiger charge is 2.24. The molecular weight excluding hydrogens is 379 g/mol. The third-order valence-electron chi connectivity index (χ3n) is 5.61. The molecule has 2 aromatic rings. The first kappa shape index (κ1) is 22.4.